The molecule has 19 heavy (non-hydrogen) atoms. The number of hydrogen-bond donors (Lipinski definition) is 0. The molecule has 0 bridgehead atoms. The van der Waals surface area contributed by atoms with Crippen LogP contribution in [0.5, 0.6) is 0 Å². The molecule has 0 fully saturated rings. The van der Waals surface area contributed by atoms with Crippen LogP contribution < -0.4 is 10.5 Å². The van der Waals surface area contributed by atoms with Crippen LogP contribution in [0.4, 0.5) is 11.6 Å². The Morgan fingerprint density at radius 2 is 2.21 bits per heavy atom. The van der Waals surface area contributed by atoms with E-state index in [9.17, 15) is 14.9 Å². The molecule has 9 nitrogen and oxygen atoms in total. The summed E-state index contributed by atoms with van der Waals surface area (Å²) < 4.78 is 6.10. The fourth-order valence-corrected chi connectivity index (χ4v) is 1.39. The van der Waals surface area contributed by atoms with Crippen molar-refractivity contribution in [3.05, 3.63) is 44.7 Å². The molecular formula is C10H11N5O4. The Morgan fingerprint density at radius 3 is 2.79 bits per heavy atom. The highest BCUT2D eigenvalue weighted by atomic mass is 16.6. The molecule has 0 N–H and O–H groups in total. The van der Waals surface area contributed by atoms with Crippen LogP contribution in [0.1, 0.15) is 5.89 Å². The Bertz CT molecular complexity index is 660. The molecule has 2 rings (SSSR count). The van der Waals surface area contributed by atoms with E-state index in [1.165, 1.54) is 0 Å². The van der Waals surface area contributed by atoms with Gasteiger partial charge in [-0.15, -0.1) is 0 Å². The van der Waals surface area contributed by atoms with E-state index in [2.05, 4.69) is 10.1 Å². The second kappa shape index (κ2) is 4.88. The van der Waals surface area contributed by atoms with Crippen molar-refractivity contribution < 1.29 is 9.45 Å². The SMILES string of the molecule is CN(C)c1noc(Cn2cc([N+](=O)[O-])ccc2=O)n1. The van der Waals surface area contributed by atoms with Gasteiger partial charge in [0.05, 0.1) is 11.1 Å². The first-order valence-electron chi connectivity index (χ1n) is 5.32. The van der Waals surface area contributed by atoms with Crippen LogP contribution in [0, 0.1) is 10.1 Å². The van der Waals surface area contributed by atoms with Crippen molar-refractivity contribution >= 4 is 11.6 Å². The monoisotopic (exact) mass is 265 g/mol. The van der Waals surface area contributed by atoms with Gasteiger partial charge in [-0.25, -0.2) is 0 Å². The smallest absolute Gasteiger partial charge is 0.285 e. The van der Waals surface area contributed by atoms with Gasteiger partial charge in [0, 0.05) is 26.2 Å². The average Bonchev–Trinajstić information content (AvgIpc) is 2.80. The minimum absolute atomic E-state index is 0.0125. The van der Waals surface area contributed by atoms with Gasteiger partial charge in [-0.1, -0.05) is 0 Å². The maximum atomic E-state index is 11.6. The first-order chi connectivity index (χ1) is 8.97. The summed E-state index contributed by atoms with van der Waals surface area (Å²) in [6.45, 7) is -0.0125. The van der Waals surface area contributed by atoms with E-state index in [0.29, 0.717) is 5.95 Å². The molecule has 2 aromatic heterocycles. The lowest BCUT2D eigenvalue weighted by molar-refractivity contribution is -0.385. The fourth-order valence-electron chi connectivity index (χ4n) is 1.39. The largest absolute Gasteiger partial charge is 0.344 e. The molecule has 0 aliphatic heterocycles. The average molecular weight is 265 g/mol. The highest BCUT2D eigenvalue weighted by Crippen LogP contribution is 2.09. The molecule has 0 amide bonds. The van der Waals surface area contributed by atoms with Gasteiger partial charge in [0.25, 0.3) is 17.2 Å². The van der Waals surface area contributed by atoms with Gasteiger partial charge in [-0.05, 0) is 5.16 Å². The van der Waals surface area contributed by atoms with E-state index in [-0.39, 0.29) is 23.7 Å². The van der Waals surface area contributed by atoms with E-state index < -0.39 is 4.92 Å². The molecule has 0 radical (unpaired) electrons. The normalized spacial score (nSPS) is 10.4. The topological polar surface area (TPSA) is 107 Å². The second-order valence-corrected chi connectivity index (χ2v) is 3.99. The van der Waals surface area contributed by atoms with Gasteiger partial charge in [-0.3, -0.25) is 19.5 Å². The molecule has 0 atom stereocenters. The summed E-state index contributed by atoms with van der Waals surface area (Å²) in [5.41, 5.74) is -0.554. The van der Waals surface area contributed by atoms with Gasteiger partial charge in [0.1, 0.15) is 6.54 Å². The number of nitrogens with zero attached hydrogens (tertiary/aromatic N) is 5. The Morgan fingerprint density at radius 1 is 1.47 bits per heavy atom. The van der Waals surface area contributed by atoms with Crippen molar-refractivity contribution in [1.29, 1.82) is 0 Å². The first-order valence-corrected chi connectivity index (χ1v) is 5.32. The molecule has 0 unspecified atom stereocenters. The van der Waals surface area contributed by atoms with Crippen molar-refractivity contribution in [2.75, 3.05) is 19.0 Å². The van der Waals surface area contributed by atoms with Crippen molar-refractivity contribution in [3.8, 4) is 0 Å². The van der Waals surface area contributed by atoms with E-state index in [1.807, 2.05) is 0 Å². The van der Waals surface area contributed by atoms with Gasteiger partial charge in [-0.2, -0.15) is 4.98 Å². The standard InChI is InChI=1S/C10H11N5O4/c1-13(2)10-11-8(19-12-10)6-14-5-7(15(17)18)3-4-9(14)16/h3-5H,6H2,1-2H3. The van der Waals surface area contributed by atoms with Gasteiger partial charge >= 0.3 is 0 Å². The van der Waals surface area contributed by atoms with Gasteiger partial charge < -0.3 is 9.42 Å². The number of nitro groups is 1. The lowest BCUT2D eigenvalue weighted by atomic mass is 10.4. The number of rotatable bonds is 4. The van der Waals surface area contributed by atoms with Crippen LogP contribution in [-0.2, 0) is 6.54 Å². The molecular weight excluding hydrogens is 254 g/mol. The van der Waals surface area contributed by atoms with E-state index in [1.54, 1.807) is 19.0 Å². The third kappa shape index (κ3) is 2.76. The summed E-state index contributed by atoms with van der Waals surface area (Å²) in [5, 5.41) is 14.3. The molecule has 0 aliphatic carbocycles. The van der Waals surface area contributed by atoms with Gasteiger partial charge in [0.15, 0.2) is 0 Å². The van der Waals surface area contributed by atoms with Crippen LogP contribution in [-0.4, -0.2) is 33.7 Å². The minimum Gasteiger partial charge on any atom is -0.344 e. The van der Waals surface area contributed by atoms with Crippen molar-refractivity contribution in [2.45, 2.75) is 6.54 Å². The van der Waals surface area contributed by atoms with Crippen LogP contribution in [0.15, 0.2) is 27.6 Å². The van der Waals surface area contributed by atoms with Crippen molar-refractivity contribution in [3.63, 3.8) is 0 Å². The highest BCUT2D eigenvalue weighted by molar-refractivity contribution is 5.26. The zero-order valence-electron chi connectivity index (χ0n) is 10.3. The third-order valence-electron chi connectivity index (χ3n) is 2.34. The van der Waals surface area contributed by atoms with Crippen molar-refractivity contribution in [1.82, 2.24) is 14.7 Å². The summed E-state index contributed by atoms with van der Waals surface area (Å²) in [6.07, 6.45) is 1.14. The van der Waals surface area contributed by atoms with E-state index in [4.69, 9.17) is 4.52 Å². The lowest BCUT2D eigenvalue weighted by Gasteiger charge is -2.03. The van der Waals surface area contributed by atoms with Crippen LogP contribution >= 0.6 is 0 Å². The number of pyridine rings is 1. The van der Waals surface area contributed by atoms with Crippen molar-refractivity contribution in [2.24, 2.45) is 0 Å². The third-order valence-corrected chi connectivity index (χ3v) is 2.34. The van der Waals surface area contributed by atoms with E-state index in [0.717, 1.165) is 22.9 Å². The number of anilines is 1. The predicted octanol–water partition coefficient (Wildman–Crippen LogP) is 0.254. The summed E-state index contributed by atoms with van der Waals surface area (Å²) in [7, 11) is 3.49. The van der Waals surface area contributed by atoms with Gasteiger partial charge in [0.2, 0.25) is 5.89 Å². The Labute approximate surface area is 107 Å². The zero-order chi connectivity index (χ0) is 14.0. The Hall–Kier alpha value is -2.71. The summed E-state index contributed by atoms with van der Waals surface area (Å²) >= 11 is 0. The molecule has 2 heterocycles. The minimum atomic E-state index is -0.574. The molecule has 100 valence electrons. The molecule has 0 saturated carbocycles. The Kier molecular flexibility index (Phi) is 3.27. The summed E-state index contributed by atoms with van der Waals surface area (Å²) in [6, 6.07) is 2.28. The fraction of sp³-hybridized carbons (Fsp3) is 0.300. The lowest BCUT2D eigenvalue weighted by Crippen LogP contribution is -2.19. The molecule has 0 saturated heterocycles. The maximum absolute atomic E-state index is 11.6. The van der Waals surface area contributed by atoms with E-state index >= 15 is 0 Å². The Balaban J connectivity index is 2.29. The first kappa shape index (κ1) is 12.7. The molecule has 2 aromatic rings. The summed E-state index contributed by atoms with van der Waals surface area (Å²) in [4.78, 5) is 27.3. The van der Waals surface area contributed by atoms with Crippen LogP contribution in [0.3, 0.4) is 0 Å². The highest BCUT2D eigenvalue weighted by Gasteiger charge is 2.12. The maximum Gasteiger partial charge on any atom is 0.285 e. The quantitative estimate of drug-likeness (QED) is 0.576. The predicted molar refractivity (Wildman–Crippen MR) is 65.1 cm³/mol. The number of aromatic nitrogens is 3. The molecule has 0 aliphatic rings. The molecule has 9 heteroatoms. The van der Waals surface area contributed by atoms with Crippen LogP contribution in [0.25, 0.3) is 0 Å². The summed E-state index contributed by atoms with van der Waals surface area (Å²) in [5.74, 6) is 0.569. The zero-order valence-corrected chi connectivity index (χ0v) is 10.3. The second-order valence-electron chi connectivity index (χ2n) is 3.99. The van der Waals surface area contributed by atoms with Crippen LogP contribution in [0.2, 0.25) is 0 Å². The molecule has 0 aromatic carbocycles. The molecule has 0 spiro atoms. The number of hydrogen-bond acceptors (Lipinski definition) is 7.